The largest absolute Gasteiger partial charge is 0.357 e. The van der Waals surface area contributed by atoms with E-state index in [4.69, 9.17) is 4.98 Å². The number of piperidine rings is 1. The molecule has 0 radical (unpaired) electrons. The Morgan fingerprint density at radius 3 is 3.04 bits per heavy atom. The van der Waals surface area contributed by atoms with Gasteiger partial charge in [-0.2, -0.15) is 0 Å². The quantitative estimate of drug-likeness (QED) is 0.521. The van der Waals surface area contributed by atoms with Gasteiger partial charge in [0.15, 0.2) is 11.1 Å². The van der Waals surface area contributed by atoms with Crippen LogP contribution in [0.15, 0.2) is 10.4 Å². The van der Waals surface area contributed by atoms with Crippen molar-refractivity contribution in [3.63, 3.8) is 0 Å². The van der Waals surface area contributed by atoms with Crippen LogP contribution in [0.2, 0.25) is 0 Å². The first-order valence-corrected chi connectivity index (χ1v) is 10.1. The number of hydrogen-bond donors (Lipinski definition) is 3. The van der Waals surface area contributed by atoms with E-state index in [1.54, 1.807) is 11.3 Å². The Labute approximate surface area is 153 Å². The second kappa shape index (κ2) is 9.03. The van der Waals surface area contributed by atoms with Crippen LogP contribution in [-0.2, 0) is 11.2 Å². The Morgan fingerprint density at radius 2 is 2.32 bits per heavy atom. The topological polar surface area (TPSA) is 81.7 Å². The number of aromatic nitrogens is 1. The molecule has 7 nitrogen and oxygen atoms in total. The number of anilines is 1. The van der Waals surface area contributed by atoms with Crippen LogP contribution < -0.4 is 20.9 Å². The molecule has 8 heteroatoms. The molecule has 0 aromatic carbocycles. The predicted molar refractivity (Wildman–Crippen MR) is 102 cm³/mol. The van der Waals surface area contributed by atoms with Crippen molar-refractivity contribution in [1.82, 2.24) is 20.9 Å². The highest BCUT2D eigenvalue weighted by Crippen LogP contribution is 2.24. The van der Waals surface area contributed by atoms with E-state index in [0.29, 0.717) is 19.5 Å². The Kier molecular flexibility index (Phi) is 6.49. The third-order valence-corrected chi connectivity index (χ3v) is 5.45. The molecule has 2 aliphatic rings. The molecule has 0 bridgehead atoms. The first-order chi connectivity index (χ1) is 12.2. The third-order valence-electron chi connectivity index (χ3n) is 4.50. The molecule has 0 saturated carbocycles. The molecule has 1 unspecified atom stereocenters. The van der Waals surface area contributed by atoms with Gasteiger partial charge in [0, 0.05) is 57.0 Å². The standard InChI is InChI=1S/C17H28N6OS/c1-2-18-16(21-13-5-6-15(24)20-11-13)19-8-7-14-12-25-17(22-14)23-9-3-4-10-23/h12-13H,2-11H2,1H3,(H,20,24)(H2,18,19,21). The molecule has 1 aromatic rings. The maximum Gasteiger partial charge on any atom is 0.220 e. The smallest absolute Gasteiger partial charge is 0.220 e. The van der Waals surface area contributed by atoms with Crippen molar-refractivity contribution in [2.24, 2.45) is 4.99 Å². The third kappa shape index (κ3) is 5.32. The van der Waals surface area contributed by atoms with E-state index in [-0.39, 0.29) is 11.9 Å². The molecular weight excluding hydrogens is 336 g/mol. The van der Waals surface area contributed by atoms with Gasteiger partial charge < -0.3 is 20.9 Å². The van der Waals surface area contributed by atoms with Gasteiger partial charge in [-0.25, -0.2) is 4.98 Å². The Bertz CT molecular complexity index is 586. The maximum atomic E-state index is 11.3. The van der Waals surface area contributed by atoms with Crippen molar-refractivity contribution >= 4 is 28.3 Å². The first-order valence-electron chi connectivity index (χ1n) is 9.25. The lowest BCUT2D eigenvalue weighted by Crippen LogP contribution is -2.51. The maximum absolute atomic E-state index is 11.3. The molecular formula is C17H28N6OS. The fourth-order valence-corrected chi connectivity index (χ4v) is 4.03. The molecule has 0 aliphatic carbocycles. The van der Waals surface area contributed by atoms with E-state index in [0.717, 1.165) is 49.3 Å². The van der Waals surface area contributed by atoms with E-state index >= 15 is 0 Å². The fourth-order valence-electron chi connectivity index (χ4n) is 3.12. The van der Waals surface area contributed by atoms with Crippen LogP contribution >= 0.6 is 11.3 Å². The van der Waals surface area contributed by atoms with Crippen molar-refractivity contribution in [1.29, 1.82) is 0 Å². The summed E-state index contributed by atoms with van der Waals surface area (Å²) in [5, 5.41) is 12.9. The van der Waals surface area contributed by atoms with Gasteiger partial charge in [-0.3, -0.25) is 9.79 Å². The van der Waals surface area contributed by atoms with Crippen molar-refractivity contribution in [2.75, 3.05) is 37.6 Å². The van der Waals surface area contributed by atoms with E-state index in [9.17, 15) is 4.79 Å². The minimum absolute atomic E-state index is 0.136. The van der Waals surface area contributed by atoms with Crippen LogP contribution in [0.25, 0.3) is 0 Å². The van der Waals surface area contributed by atoms with Gasteiger partial charge in [-0.15, -0.1) is 11.3 Å². The zero-order valence-electron chi connectivity index (χ0n) is 14.9. The highest BCUT2D eigenvalue weighted by molar-refractivity contribution is 7.13. The number of nitrogens with one attached hydrogen (secondary N) is 3. The summed E-state index contributed by atoms with van der Waals surface area (Å²) in [5.74, 6) is 0.955. The molecule has 1 aromatic heterocycles. The van der Waals surface area contributed by atoms with Gasteiger partial charge in [0.1, 0.15) is 0 Å². The molecule has 2 fully saturated rings. The van der Waals surface area contributed by atoms with E-state index in [1.807, 2.05) is 0 Å². The van der Waals surface area contributed by atoms with Gasteiger partial charge in [0.2, 0.25) is 5.91 Å². The molecule has 1 amide bonds. The highest BCUT2D eigenvalue weighted by atomic mass is 32.1. The first kappa shape index (κ1) is 18.0. The molecule has 3 N–H and O–H groups in total. The molecule has 138 valence electrons. The minimum Gasteiger partial charge on any atom is -0.357 e. The van der Waals surface area contributed by atoms with E-state index in [1.165, 1.54) is 12.8 Å². The molecule has 2 aliphatic heterocycles. The molecule has 2 saturated heterocycles. The van der Waals surface area contributed by atoms with Crippen molar-refractivity contribution in [3.8, 4) is 0 Å². The normalized spacial score (nSPS) is 21.3. The summed E-state index contributed by atoms with van der Waals surface area (Å²) in [7, 11) is 0. The van der Waals surface area contributed by atoms with Crippen LogP contribution in [-0.4, -0.2) is 55.6 Å². The van der Waals surface area contributed by atoms with Gasteiger partial charge >= 0.3 is 0 Å². The summed E-state index contributed by atoms with van der Waals surface area (Å²) in [6, 6.07) is 0.247. The summed E-state index contributed by atoms with van der Waals surface area (Å²) < 4.78 is 0. The molecule has 0 spiro atoms. The summed E-state index contributed by atoms with van der Waals surface area (Å²) >= 11 is 1.74. The molecule has 3 heterocycles. The Hall–Kier alpha value is -1.83. The molecule has 1 atom stereocenters. The lowest BCUT2D eigenvalue weighted by Gasteiger charge is -2.25. The average molecular weight is 365 g/mol. The average Bonchev–Trinajstić information content (AvgIpc) is 3.28. The number of thiazole rings is 1. The van der Waals surface area contributed by atoms with Crippen LogP contribution in [0.4, 0.5) is 5.13 Å². The van der Waals surface area contributed by atoms with Gasteiger partial charge in [0.25, 0.3) is 0 Å². The summed E-state index contributed by atoms with van der Waals surface area (Å²) in [4.78, 5) is 23.0. The monoisotopic (exact) mass is 364 g/mol. The highest BCUT2D eigenvalue weighted by Gasteiger charge is 2.19. The minimum atomic E-state index is 0.136. The van der Waals surface area contributed by atoms with Gasteiger partial charge in [-0.05, 0) is 26.2 Å². The van der Waals surface area contributed by atoms with Crippen LogP contribution in [0, 0.1) is 0 Å². The Balaban J connectivity index is 1.48. The second-order valence-electron chi connectivity index (χ2n) is 6.51. The van der Waals surface area contributed by atoms with Crippen LogP contribution in [0.1, 0.15) is 38.3 Å². The number of nitrogens with zero attached hydrogens (tertiary/aromatic N) is 3. The second-order valence-corrected chi connectivity index (χ2v) is 7.35. The zero-order chi connectivity index (χ0) is 17.5. The molecule has 3 rings (SSSR count). The van der Waals surface area contributed by atoms with Crippen LogP contribution in [0.5, 0.6) is 0 Å². The number of carbonyl (C=O) groups is 1. The summed E-state index contributed by atoms with van der Waals surface area (Å²) in [6.45, 7) is 6.52. The van der Waals surface area contributed by atoms with Crippen LogP contribution in [0.3, 0.4) is 0 Å². The van der Waals surface area contributed by atoms with Gasteiger partial charge in [-0.1, -0.05) is 0 Å². The van der Waals surface area contributed by atoms with Crippen molar-refractivity contribution in [3.05, 3.63) is 11.1 Å². The number of carbonyl (C=O) groups excluding carboxylic acids is 1. The SMILES string of the molecule is CCNC(=NCCc1csc(N2CCCC2)n1)NC1CCC(=O)NC1. The lowest BCUT2D eigenvalue weighted by atomic mass is 10.1. The Morgan fingerprint density at radius 1 is 1.48 bits per heavy atom. The van der Waals surface area contributed by atoms with Crippen molar-refractivity contribution < 1.29 is 4.79 Å². The van der Waals surface area contributed by atoms with E-state index in [2.05, 4.69) is 38.1 Å². The predicted octanol–water partition coefficient (Wildman–Crippen LogP) is 1.12. The number of hydrogen-bond acceptors (Lipinski definition) is 5. The molecule has 25 heavy (non-hydrogen) atoms. The fraction of sp³-hybridized carbons (Fsp3) is 0.706. The van der Waals surface area contributed by atoms with Crippen molar-refractivity contribution in [2.45, 2.75) is 45.1 Å². The lowest BCUT2D eigenvalue weighted by molar-refractivity contribution is -0.122. The number of amides is 1. The number of rotatable bonds is 6. The van der Waals surface area contributed by atoms with Gasteiger partial charge in [0.05, 0.1) is 5.69 Å². The summed E-state index contributed by atoms with van der Waals surface area (Å²) in [5.41, 5.74) is 1.12. The van der Waals surface area contributed by atoms with E-state index < -0.39 is 0 Å². The zero-order valence-corrected chi connectivity index (χ0v) is 15.7. The summed E-state index contributed by atoms with van der Waals surface area (Å²) in [6.07, 6.45) is 4.83. The number of guanidine groups is 1. The number of aliphatic imine (C=N–C) groups is 1.